The van der Waals surface area contributed by atoms with Crippen molar-refractivity contribution in [1.82, 2.24) is 0 Å². The molecular weight excluding hydrogens is 378 g/mol. The van der Waals surface area contributed by atoms with Crippen molar-refractivity contribution in [2.24, 2.45) is 0 Å². The van der Waals surface area contributed by atoms with E-state index in [-0.39, 0.29) is 23.8 Å². The average Bonchev–Trinajstić information content (AvgIpc) is 2.69. The summed E-state index contributed by atoms with van der Waals surface area (Å²) in [6.07, 6.45) is 3.91. The summed E-state index contributed by atoms with van der Waals surface area (Å²) in [7, 11) is 1.58. The highest BCUT2D eigenvalue weighted by atomic mass is 16.5. The topological polar surface area (TPSA) is 106 Å². The molecule has 8 nitrogen and oxygen atoms in total. The first-order valence-electron chi connectivity index (χ1n) is 10.0. The summed E-state index contributed by atoms with van der Waals surface area (Å²) in [6, 6.07) is 3.12. The Hall–Kier alpha value is -2.48. The minimum absolute atomic E-state index is 0.154. The number of hydrogen-bond donors (Lipinski definition) is 1. The van der Waals surface area contributed by atoms with E-state index in [9.17, 15) is 9.59 Å². The van der Waals surface area contributed by atoms with E-state index in [1.807, 2.05) is 0 Å². The number of esters is 2. The lowest BCUT2D eigenvalue weighted by Crippen LogP contribution is -2.11. The first-order valence-corrected chi connectivity index (χ1v) is 10.0. The van der Waals surface area contributed by atoms with Gasteiger partial charge in [-0.05, 0) is 26.7 Å². The van der Waals surface area contributed by atoms with Gasteiger partial charge in [0.25, 0.3) is 0 Å². The summed E-state index contributed by atoms with van der Waals surface area (Å²) >= 11 is 0. The highest BCUT2D eigenvalue weighted by molar-refractivity contribution is 5.96. The van der Waals surface area contributed by atoms with Gasteiger partial charge in [0.2, 0.25) is 0 Å². The molecule has 0 aliphatic rings. The fourth-order valence-electron chi connectivity index (χ4n) is 2.56. The Morgan fingerprint density at radius 3 is 2.21 bits per heavy atom. The molecule has 0 bridgehead atoms. The Labute approximate surface area is 172 Å². The first-order chi connectivity index (χ1) is 14.0. The van der Waals surface area contributed by atoms with Crippen LogP contribution in [0.5, 0.6) is 11.5 Å². The van der Waals surface area contributed by atoms with Crippen molar-refractivity contribution in [3.8, 4) is 11.5 Å². The Bertz CT molecular complexity index is 634. The van der Waals surface area contributed by atoms with E-state index in [1.54, 1.807) is 27.0 Å². The lowest BCUT2D eigenvalue weighted by atomic mass is 10.1. The highest BCUT2D eigenvalue weighted by Crippen LogP contribution is 2.33. The van der Waals surface area contributed by atoms with Crippen LogP contribution in [0.3, 0.4) is 0 Å². The van der Waals surface area contributed by atoms with Crippen molar-refractivity contribution in [3.05, 3.63) is 17.7 Å². The predicted octanol–water partition coefficient (Wildman–Crippen LogP) is 3.36. The standard InChI is InChI=1S/C21H33NO7/c1-4-26-20(23)10-8-6-7-9-11-28-19-15-17(22)16(21(24)27-5-2)14-18(19)29-13-12-25-3/h14-15H,4-13,22H2,1-3H3. The number of carbonyl (C=O) groups is 2. The van der Waals surface area contributed by atoms with Crippen LogP contribution in [0, 0.1) is 0 Å². The van der Waals surface area contributed by atoms with Gasteiger partial charge in [-0.25, -0.2) is 4.79 Å². The van der Waals surface area contributed by atoms with Crippen LogP contribution >= 0.6 is 0 Å². The van der Waals surface area contributed by atoms with Gasteiger partial charge in [0.15, 0.2) is 11.5 Å². The lowest BCUT2D eigenvalue weighted by molar-refractivity contribution is -0.143. The Kier molecular flexibility index (Phi) is 12.3. The molecule has 1 rings (SSSR count). The number of nitrogen functional groups attached to an aromatic ring is 1. The zero-order valence-electron chi connectivity index (χ0n) is 17.7. The number of ether oxygens (including phenoxy) is 5. The summed E-state index contributed by atoms with van der Waals surface area (Å²) in [5.74, 6) is 0.230. The molecule has 0 aliphatic heterocycles. The number of methoxy groups -OCH3 is 1. The largest absolute Gasteiger partial charge is 0.490 e. The molecule has 0 heterocycles. The third-order valence-electron chi connectivity index (χ3n) is 3.99. The molecule has 0 saturated heterocycles. The third-order valence-corrected chi connectivity index (χ3v) is 3.99. The highest BCUT2D eigenvalue weighted by Gasteiger charge is 2.17. The maximum absolute atomic E-state index is 12.1. The van der Waals surface area contributed by atoms with Crippen LogP contribution in [0.4, 0.5) is 5.69 Å². The molecule has 0 fully saturated rings. The zero-order valence-corrected chi connectivity index (χ0v) is 17.7. The summed E-state index contributed by atoms with van der Waals surface area (Å²) in [4.78, 5) is 23.3. The van der Waals surface area contributed by atoms with Crippen LogP contribution in [-0.4, -0.2) is 52.1 Å². The molecule has 0 amide bonds. The second kappa shape index (κ2) is 14.5. The summed E-state index contributed by atoms with van der Waals surface area (Å²) in [5, 5.41) is 0. The van der Waals surface area contributed by atoms with Gasteiger partial charge in [0, 0.05) is 25.7 Å². The van der Waals surface area contributed by atoms with E-state index < -0.39 is 5.97 Å². The molecule has 164 valence electrons. The van der Waals surface area contributed by atoms with Gasteiger partial charge in [0.1, 0.15) is 6.61 Å². The average molecular weight is 411 g/mol. The smallest absolute Gasteiger partial charge is 0.340 e. The molecule has 0 unspecified atom stereocenters. The Morgan fingerprint density at radius 1 is 0.862 bits per heavy atom. The van der Waals surface area contributed by atoms with Gasteiger partial charge < -0.3 is 29.4 Å². The molecule has 1 aromatic carbocycles. The number of nitrogens with two attached hydrogens (primary N) is 1. The lowest BCUT2D eigenvalue weighted by Gasteiger charge is -2.15. The molecular formula is C21H33NO7. The van der Waals surface area contributed by atoms with Crippen LogP contribution in [-0.2, 0) is 19.0 Å². The number of unbranched alkanes of at least 4 members (excludes halogenated alkanes) is 3. The summed E-state index contributed by atoms with van der Waals surface area (Å²) in [5.41, 5.74) is 6.51. The fraction of sp³-hybridized carbons (Fsp3) is 0.619. The Balaban J connectivity index is 2.58. The molecule has 0 saturated carbocycles. The zero-order chi connectivity index (χ0) is 21.5. The van der Waals surface area contributed by atoms with E-state index in [0.29, 0.717) is 44.3 Å². The van der Waals surface area contributed by atoms with Crippen LogP contribution < -0.4 is 15.2 Å². The van der Waals surface area contributed by atoms with E-state index in [1.165, 1.54) is 6.07 Å². The van der Waals surface area contributed by atoms with Gasteiger partial charge in [-0.1, -0.05) is 12.8 Å². The molecule has 0 aliphatic carbocycles. The molecule has 0 atom stereocenters. The van der Waals surface area contributed by atoms with Crippen LogP contribution in [0.15, 0.2) is 12.1 Å². The quantitative estimate of drug-likeness (QED) is 0.266. The van der Waals surface area contributed by atoms with Crippen molar-refractivity contribution in [3.63, 3.8) is 0 Å². The van der Waals surface area contributed by atoms with E-state index in [4.69, 9.17) is 29.4 Å². The molecule has 29 heavy (non-hydrogen) atoms. The van der Waals surface area contributed by atoms with Gasteiger partial charge >= 0.3 is 11.9 Å². The molecule has 0 aromatic heterocycles. The van der Waals surface area contributed by atoms with Crippen LogP contribution in [0.2, 0.25) is 0 Å². The van der Waals surface area contributed by atoms with E-state index in [0.717, 1.165) is 25.7 Å². The third kappa shape index (κ3) is 9.51. The minimum Gasteiger partial charge on any atom is -0.490 e. The summed E-state index contributed by atoms with van der Waals surface area (Å²) < 4.78 is 26.4. The number of anilines is 1. The Morgan fingerprint density at radius 2 is 1.52 bits per heavy atom. The number of carbonyl (C=O) groups excluding carboxylic acids is 2. The maximum Gasteiger partial charge on any atom is 0.340 e. The second-order valence-corrected chi connectivity index (χ2v) is 6.27. The van der Waals surface area contributed by atoms with Crippen molar-refractivity contribution >= 4 is 17.6 Å². The van der Waals surface area contributed by atoms with Crippen molar-refractivity contribution in [1.29, 1.82) is 0 Å². The van der Waals surface area contributed by atoms with Crippen molar-refractivity contribution < 1.29 is 33.3 Å². The number of rotatable bonds is 15. The molecule has 0 radical (unpaired) electrons. The normalized spacial score (nSPS) is 10.4. The number of benzene rings is 1. The SMILES string of the molecule is CCOC(=O)CCCCCCOc1cc(N)c(C(=O)OCC)cc1OCCOC. The second-order valence-electron chi connectivity index (χ2n) is 6.27. The van der Waals surface area contributed by atoms with E-state index in [2.05, 4.69) is 0 Å². The minimum atomic E-state index is -0.505. The van der Waals surface area contributed by atoms with Gasteiger partial charge in [0.05, 0.1) is 37.7 Å². The number of hydrogen-bond acceptors (Lipinski definition) is 8. The summed E-state index contributed by atoms with van der Waals surface area (Å²) in [6.45, 7) is 5.39. The molecule has 1 aromatic rings. The molecule has 0 spiro atoms. The first kappa shape index (κ1) is 24.6. The van der Waals surface area contributed by atoms with Gasteiger partial charge in [-0.3, -0.25) is 4.79 Å². The van der Waals surface area contributed by atoms with Crippen molar-refractivity contribution in [2.45, 2.75) is 46.0 Å². The van der Waals surface area contributed by atoms with E-state index >= 15 is 0 Å². The van der Waals surface area contributed by atoms with Crippen LogP contribution in [0.1, 0.15) is 56.3 Å². The van der Waals surface area contributed by atoms with Crippen molar-refractivity contribution in [2.75, 3.05) is 45.9 Å². The monoisotopic (exact) mass is 411 g/mol. The maximum atomic E-state index is 12.1. The van der Waals surface area contributed by atoms with Crippen LogP contribution in [0.25, 0.3) is 0 Å². The molecule has 2 N–H and O–H groups in total. The fourth-order valence-corrected chi connectivity index (χ4v) is 2.56. The van der Waals surface area contributed by atoms with Gasteiger partial charge in [-0.2, -0.15) is 0 Å². The van der Waals surface area contributed by atoms with Gasteiger partial charge in [-0.15, -0.1) is 0 Å². The molecule has 8 heteroatoms. The predicted molar refractivity (Wildman–Crippen MR) is 109 cm³/mol.